The minimum Gasteiger partial charge on any atom is -0.487 e. The summed E-state index contributed by atoms with van der Waals surface area (Å²) >= 11 is 8.90. The minimum atomic E-state index is -0.688. The van der Waals surface area contributed by atoms with E-state index in [-0.39, 0.29) is 21.7 Å². The van der Waals surface area contributed by atoms with Crippen LogP contribution in [0.1, 0.15) is 5.56 Å². The Morgan fingerprint density at radius 1 is 1.21 bits per heavy atom. The average Bonchev–Trinajstić information content (AvgIpc) is 2.36. The van der Waals surface area contributed by atoms with E-state index in [1.807, 2.05) is 0 Å². The number of nitrogen functional groups attached to an aromatic ring is 1. The summed E-state index contributed by atoms with van der Waals surface area (Å²) in [4.78, 5) is 0. The fourth-order valence-corrected chi connectivity index (χ4v) is 2.10. The van der Waals surface area contributed by atoms with E-state index in [0.717, 1.165) is 6.07 Å². The number of anilines is 1. The maximum Gasteiger partial charge on any atom is 0.146 e. The molecule has 0 heterocycles. The number of benzene rings is 2. The highest BCUT2D eigenvalue weighted by molar-refractivity contribution is 9.10. The van der Waals surface area contributed by atoms with Crippen molar-refractivity contribution >= 4 is 33.2 Å². The largest absolute Gasteiger partial charge is 0.487 e. The maximum absolute atomic E-state index is 13.7. The monoisotopic (exact) mass is 347 g/mol. The third kappa shape index (κ3) is 3.16. The molecule has 0 unspecified atom stereocenters. The van der Waals surface area contributed by atoms with E-state index in [1.165, 1.54) is 12.1 Å². The van der Waals surface area contributed by atoms with Crippen molar-refractivity contribution in [1.82, 2.24) is 0 Å². The Kier molecular flexibility index (Phi) is 4.27. The molecule has 2 aromatic rings. The molecule has 0 atom stereocenters. The molecule has 0 fully saturated rings. The fourth-order valence-electron chi connectivity index (χ4n) is 1.49. The fraction of sp³-hybridized carbons (Fsp3) is 0.0769. The molecule has 6 heteroatoms. The Labute approximate surface area is 122 Å². The van der Waals surface area contributed by atoms with Crippen LogP contribution in [0.15, 0.2) is 34.8 Å². The highest BCUT2D eigenvalue weighted by Crippen LogP contribution is 2.28. The van der Waals surface area contributed by atoms with Gasteiger partial charge in [0.05, 0.1) is 15.1 Å². The zero-order valence-electron chi connectivity index (χ0n) is 9.59. The van der Waals surface area contributed by atoms with E-state index in [1.54, 1.807) is 12.1 Å². The van der Waals surface area contributed by atoms with Gasteiger partial charge >= 0.3 is 0 Å². The molecule has 2 N–H and O–H groups in total. The van der Waals surface area contributed by atoms with E-state index in [9.17, 15) is 8.78 Å². The molecule has 19 heavy (non-hydrogen) atoms. The zero-order chi connectivity index (χ0) is 14.0. The molecule has 0 bridgehead atoms. The first kappa shape index (κ1) is 14.1. The van der Waals surface area contributed by atoms with E-state index < -0.39 is 11.6 Å². The maximum atomic E-state index is 13.7. The van der Waals surface area contributed by atoms with Crippen LogP contribution in [0.4, 0.5) is 14.5 Å². The Morgan fingerprint density at radius 3 is 2.63 bits per heavy atom. The van der Waals surface area contributed by atoms with E-state index in [0.29, 0.717) is 11.4 Å². The Bertz CT molecular complexity index is 622. The predicted molar refractivity (Wildman–Crippen MR) is 74.3 cm³/mol. The first-order chi connectivity index (χ1) is 8.99. The van der Waals surface area contributed by atoms with Crippen LogP contribution in [-0.2, 0) is 6.61 Å². The van der Waals surface area contributed by atoms with Gasteiger partial charge in [0.2, 0.25) is 0 Å². The molecular formula is C13H9BrClF2NO. The van der Waals surface area contributed by atoms with Crippen LogP contribution in [0.2, 0.25) is 5.02 Å². The van der Waals surface area contributed by atoms with Crippen molar-refractivity contribution in [1.29, 1.82) is 0 Å². The number of ether oxygens (including phenoxy) is 1. The summed E-state index contributed by atoms with van der Waals surface area (Å²) < 4.78 is 32.7. The molecule has 0 radical (unpaired) electrons. The molecule has 0 amide bonds. The van der Waals surface area contributed by atoms with Crippen LogP contribution in [-0.4, -0.2) is 0 Å². The lowest BCUT2D eigenvalue weighted by Gasteiger charge is -2.10. The van der Waals surface area contributed by atoms with E-state index in [2.05, 4.69) is 15.9 Å². The molecule has 0 saturated heterocycles. The Hall–Kier alpha value is -1.33. The molecule has 2 aromatic carbocycles. The van der Waals surface area contributed by atoms with Gasteiger partial charge in [0.15, 0.2) is 0 Å². The smallest absolute Gasteiger partial charge is 0.146 e. The highest BCUT2D eigenvalue weighted by Gasteiger charge is 2.13. The highest BCUT2D eigenvalue weighted by atomic mass is 79.9. The summed E-state index contributed by atoms with van der Waals surface area (Å²) in [5, 5.41) is 0.288. The number of nitrogens with two attached hydrogens (primary N) is 1. The first-order valence-electron chi connectivity index (χ1n) is 5.29. The van der Waals surface area contributed by atoms with Crippen molar-refractivity contribution in [2.45, 2.75) is 6.61 Å². The first-order valence-corrected chi connectivity index (χ1v) is 6.46. The van der Waals surface area contributed by atoms with Crippen LogP contribution in [0.25, 0.3) is 0 Å². The second kappa shape index (κ2) is 5.75. The van der Waals surface area contributed by atoms with E-state index in [4.69, 9.17) is 22.1 Å². The summed E-state index contributed by atoms with van der Waals surface area (Å²) in [7, 11) is 0. The Balaban J connectivity index is 2.21. The predicted octanol–water partition coefficient (Wildman–Crippen LogP) is 4.54. The third-order valence-corrected chi connectivity index (χ3v) is 3.37. The number of hydrogen-bond donors (Lipinski definition) is 1. The normalized spacial score (nSPS) is 10.5. The van der Waals surface area contributed by atoms with Crippen LogP contribution >= 0.6 is 27.5 Å². The molecule has 0 aliphatic rings. The summed E-state index contributed by atoms with van der Waals surface area (Å²) in [5.74, 6) is -1.05. The molecule has 2 rings (SSSR count). The Morgan fingerprint density at radius 2 is 1.95 bits per heavy atom. The molecule has 0 aliphatic heterocycles. The van der Waals surface area contributed by atoms with Gasteiger partial charge in [-0.25, -0.2) is 8.78 Å². The van der Waals surface area contributed by atoms with E-state index >= 15 is 0 Å². The molecule has 100 valence electrons. The van der Waals surface area contributed by atoms with Crippen LogP contribution in [0.5, 0.6) is 5.75 Å². The topological polar surface area (TPSA) is 35.2 Å². The van der Waals surface area contributed by atoms with Crippen molar-refractivity contribution in [3.63, 3.8) is 0 Å². The lowest BCUT2D eigenvalue weighted by Crippen LogP contribution is -2.03. The number of halogens is 4. The van der Waals surface area contributed by atoms with Crippen molar-refractivity contribution in [2.75, 3.05) is 5.73 Å². The van der Waals surface area contributed by atoms with Crippen molar-refractivity contribution < 1.29 is 13.5 Å². The van der Waals surface area contributed by atoms with Crippen LogP contribution in [0, 0.1) is 11.6 Å². The SMILES string of the molecule is Nc1ccc(OCc2c(F)ccc(Br)c2F)c(Cl)c1. The van der Waals surface area contributed by atoms with Gasteiger partial charge in [-0.2, -0.15) is 0 Å². The van der Waals surface area contributed by atoms with Crippen molar-refractivity contribution in [3.8, 4) is 5.75 Å². The molecule has 0 saturated carbocycles. The summed E-state index contributed by atoms with van der Waals surface area (Å²) in [6.07, 6.45) is 0. The standard InChI is InChI=1S/C13H9BrClF2NO/c14-9-2-3-11(16)8(13(9)17)6-19-12-4-1-7(18)5-10(12)15/h1-5H,6,18H2. The van der Waals surface area contributed by atoms with Gasteiger partial charge in [0.25, 0.3) is 0 Å². The molecule has 0 spiro atoms. The van der Waals surface area contributed by atoms with Crippen LogP contribution in [0.3, 0.4) is 0 Å². The van der Waals surface area contributed by atoms with Crippen molar-refractivity contribution in [3.05, 3.63) is 57.0 Å². The van der Waals surface area contributed by atoms with Gasteiger partial charge < -0.3 is 10.5 Å². The lowest BCUT2D eigenvalue weighted by molar-refractivity contribution is 0.292. The van der Waals surface area contributed by atoms with Gasteiger partial charge in [-0.15, -0.1) is 0 Å². The van der Waals surface area contributed by atoms with Gasteiger partial charge in [-0.05, 0) is 46.3 Å². The van der Waals surface area contributed by atoms with Gasteiger partial charge in [-0.1, -0.05) is 11.6 Å². The second-order valence-electron chi connectivity index (χ2n) is 3.80. The van der Waals surface area contributed by atoms with Gasteiger partial charge in [0, 0.05) is 5.69 Å². The second-order valence-corrected chi connectivity index (χ2v) is 5.06. The average molecular weight is 349 g/mol. The van der Waals surface area contributed by atoms with Crippen LogP contribution < -0.4 is 10.5 Å². The molecule has 0 aromatic heterocycles. The zero-order valence-corrected chi connectivity index (χ0v) is 11.9. The van der Waals surface area contributed by atoms with Gasteiger partial charge in [0.1, 0.15) is 24.0 Å². The molecule has 2 nitrogen and oxygen atoms in total. The molecule has 0 aliphatic carbocycles. The minimum absolute atomic E-state index is 0.165. The van der Waals surface area contributed by atoms with Gasteiger partial charge in [-0.3, -0.25) is 0 Å². The summed E-state index contributed by atoms with van der Waals surface area (Å²) in [6.45, 7) is -0.263. The lowest BCUT2D eigenvalue weighted by atomic mass is 10.2. The molecular weight excluding hydrogens is 340 g/mol. The summed E-state index contributed by atoms with van der Waals surface area (Å²) in [5.41, 5.74) is 5.86. The summed E-state index contributed by atoms with van der Waals surface area (Å²) in [6, 6.07) is 7.10. The third-order valence-electron chi connectivity index (χ3n) is 2.47. The number of hydrogen-bond acceptors (Lipinski definition) is 2. The quantitative estimate of drug-likeness (QED) is 0.653. The van der Waals surface area contributed by atoms with Crippen molar-refractivity contribution in [2.24, 2.45) is 0 Å². The number of rotatable bonds is 3.